The van der Waals surface area contributed by atoms with Gasteiger partial charge < -0.3 is 0 Å². The standard InChI is InChI=1S/C23H21N3OS3/c27-22-20(30-23(28)26(22)18-10-5-2-6-11-18)14-16-15-25(17-8-3-1-4-9-17)24-21(16)19-12-7-13-29-19/h1,3-4,7-9,12-15,18H,2,5-6,10-11H2. The van der Waals surface area contributed by atoms with Crippen LogP contribution in [0.5, 0.6) is 0 Å². The first-order chi connectivity index (χ1) is 14.7. The number of rotatable bonds is 4. The third-order valence-electron chi connectivity index (χ3n) is 5.57. The number of carbonyl (C=O) groups is 1. The number of benzene rings is 1. The smallest absolute Gasteiger partial charge is 0.266 e. The molecule has 152 valence electrons. The van der Waals surface area contributed by atoms with Crippen molar-refractivity contribution in [3.8, 4) is 16.3 Å². The molecule has 3 aromatic rings. The molecule has 1 aliphatic heterocycles. The zero-order valence-electron chi connectivity index (χ0n) is 16.4. The van der Waals surface area contributed by atoms with Crippen LogP contribution in [0.3, 0.4) is 0 Å². The Hall–Kier alpha value is -2.22. The maximum absolute atomic E-state index is 13.2. The first-order valence-electron chi connectivity index (χ1n) is 10.2. The lowest BCUT2D eigenvalue weighted by molar-refractivity contribution is -0.124. The van der Waals surface area contributed by atoms with Crippen LogP contribution >= 0.6 is 35.3 Å². The van der Waals surface area contributed by atoms with Gasteiger partial charge in [0.05, 0.1) is 15.5 Å². The number of hydrogen-bond acceptors (Lipinski definition) is 5. The highest BCUT2D eigenvalue weighted by molar-refractivity contribution is 8.26. The summed E-state index contributed by atoms with van der Waals surface area (Å²) in [6.07, 6.45) is 9.66. The second-order valence-corrected chi connectivity index (χ2v) is 10.2. The first-order valence-corrected chi connectivity index (χ1v) is 12.3. The minimum Gasteiger partial charge on any atom is -0.290 e. The zero-order chi connectivity index (χ0) is 20.5. The van der Waals surface area contributed by atoms with Gasteiger partial charge in [0.15, 0.2) is 0 Å². The van der Waals surface area contributed by atoms with Crippen molar-refractivity contribution in [3.05, 3.63) is 64.5 Å². The second kappa shape index (κ2) is 8.49. The Bertz CT molecular complexity index is 1100. The number of carbonyl (C=O) groups excluding carboxylic acids is 1. The molecule has 3 heterocycles. The van der Waals surface area contributed by atoms with Gasteiger partial charge in [0.1, 0.15) is 10.0 Å². The normalized spacial score (nSPS) is 19.2. The maximum atomic E-state index is 13.2. The summed E-state index contributed by atoms with van der Waals surface area (Å²) >= 11 is 8.66. The Morgan fingerprint density at radius 1 is 1.07 bits per heavy atom. The van der Waals surface area contributed by atoms with Gasteiger partial charge in [0, 0.05) is 17.8 Å². The molecule has 2 aromatic heterocycles. The van der Waals surface area contributed by atoms with Crippen LogP contribution in [0.1, 0.15) is 37.7 Å². The molecule has 1 amide bonds. The molecule has 0 unspecified atom stereocenters. The molecule has 2 fully saturated rings. The van der Waals surface area contributed by atoms with Crippen LogP contribution in [-0.2, 0) is 4.79 Å². The highest BCUT2D eigenvalue weighted by atomic mass is 32.2. The monoisotopic (exact) mass is 451 g/mol. The summed E-state index contributed by atoms with van der Waals surface area (Å²) in [5.74, 6) is 0.0430. The molecule has 30 heavy (non-hydrogen) atoms. The van der Waals surface area contributed by atoms with Gasteiger partial charge in [-0.1, -0.05) is 67.5 Å². The van der Waals surface area contributed by atoms with E-state index in [1.807, 2.05) is 63.6 Å². The highest BCUT2D eigenvalue weighted by Crippen LogP contribution is 2.38. The number of thiocarbonyl (C=S) groups is 1. The van der Waals surface area contributed by atoms with Crippen molar-refractivity contribution in [1.82, 2.24) is 14.7 Å². The molecule has 0 atom stereocenters. The maximum Gasteiger partial charge on any atom is 0.266 e. The molecule has 0 N–H and O–H groups in total. The van der Waals surface area contributed by atoms with Gasteiger partial charge in [0.2, 0.25) is 0 Å². The summed E-state index contributed by atoms with van der Waals surface area (Å²) in [4.78, 5) is 16.9. The Labute approximate surface area is 189 Å². The van der Waals surface area contributed by atoms with Crippen molar-refractivity contribution < 1.29 is 4.79 Å². The summed E-state index contributed by atoms with van der Waals surface area (Å²) in [7, 11) is 0. The number of thiophene rings is 1. The van der Waals surface area contributed by atoms with Crippen LogP contribution in [0.15, 0.2) is 58.9 Å². The van der Waals surface area contributed by atoms with Crippen molar-refractivity contribution in [1.29, 1.82) is 0 Å². The van der Waals surface area contributed by atoms with Gasteiger partial charge in [-0.05, 0) is 42.5 Å². The fourth-order valence-corrected chi connectivity index (χ4v) is 6.21. The van der Waals surface area contributed by atoms with E-state index in [-0.39, 0.29) is 11.9 Å². The lowest BCUT2D eigenvalue weighted by Crippen LogP contribution is -2.39. The minimum atomic E-state index is 0.0430. The summed E-state index contributed by atoms with van der Waals surface area (Å²) in [6.45, 7) is 0. The van der Waals surface area contributed by atoms with Gasteiger partial charge in [0.25, 0.3) is 5.91 Å². The first kappa shape index (κ1) is 19.7. The average molecular weight is 452 g/mol. The third kappa shape index (κ3) is 3.77. The van der Waals surface area contributed by atoms with Crippen molar-refractivity contribution in [3.63, 3.8) is 0 Å². The van der Waals surface area contributed by atoms with E-state index in [0.29, 0.717) is 9.23 Å². The van der Waals surface area contributed by atoms with E-state index in [2.05, 4.69) is 6.07 Å². The Kier molecular flexibility index (Phi) is 5.58. The van der Waals surface area contributed by atoms with Crippen LogP contribution in [0, 0.1) is 0 Å². The van der Waals surface area contributed by atoms with Crippen molar-refractivity contribution in [2.75, 3.05) is 0 Å². The van der Waals surface area contributed by atoms with Crippen LogP contribution in [0.2, 0.25) is 0 Å². The molecule has 0 bridgehead atoms. The van der Waals surface area contributed by atoms with Crippen molar-refractivity contribution in [2.45, 2.75) is 38.1 Å². The van der Waals surface area contributed by atoms with E-state index in [1.165, 1.54) is 31.0 Å². The fraction of sp³-hybridized carbons (Fsp3) is 0.261. The molecule has 1 aliphatic carbocycles. The molecule has 4 nitrogen and oxygen atoms in total. The number of para-hydroxylation sites is 1. The van der Waals surface area contributed by atoms with Gasteiger partial charge >= 0.3 is 0 Å². The average Bonchev–Trinajstić information content (AvgIpc) is 3.50. The number of hydrogen-bond donors (Lipinski definition) is 0. The highest BCUT2D eigenvalue weighted by Gasteiger charge is 2.37. The lowest BCUT2D eigenvalue weighted by atomic mass is 9.94. The lowest BCUT2D eigenvalue weighted by Gasteiger charge is -2.29. The van der Waals surface area contributed by atoms with E-state index in [4.69, 9.17) is 17.3 Å². The molecule has 2 aliphatic rings. The van der Waals surface area contributed by atoms with Gasteiger partial charge in [-0.2, -0.15) is 5.10 Å². The summed E-state index contributed by atoms with van der Waals surface area (Å²) in [5, 5.41) is 6.88. The summed E-state index contributed by atoms with van der Waals surface area (Å²) < 4.78 is 2.56. The van der Waals surface area contributed by atoms with Crippen molar-refractivity contribution in [2.24, 2.45) is 0 Å². The molecular weight excluding hydrogens is 430 g/mol. The molecule has 1 aromatic carbocycles. The third-order valence-corrected chi connectivity index (χ3v) is 7.77. The van der Waals surface area contributed by atoms with Crippen LogP contribution in [0.4, 0.5) is 0 Å². The molecule has 0 radical (unpaired) electrons. The molecular formula is C23H21N3OS3. The molecule has 7 heteroatoms. The summed E-state index contributed by atoms with van der Waals surface area (Å²) in [5.41, 5.74) is 2.81. The molecule has 0 spiro atoms. The SMILES string of the molecule is O=C1C(=Cc2cn(-c3ccccc3)nc2-c2cccs2)SC(=S)N1C1CCCCC1. The predicted octanol–water partition coefficient (Wildman–Crippen LogP) is 6.13. The van der Waals surface area contributed by atoms with Gasteiger partial charge in [-0.15, -0.1) is 11.3 Å². The topological polar surface area (TPSA) is 38.1 Å². The van der Waals surface area contributed by atoms with E-state index in [0.717, 1.165) is 34.7 Å². The number of thioether (sulfide) groups is 1. The Morgan fingerprint density at radius 3 is 2.60 bits per heavy atom. The quantitative estimate of drug-likeness (QED) is 0.353. The van der Waals surface area contributed by atoms with Crippen LogP contribution in [-0.4, -0.2) is 30.9 Å². The second-order valence-electron chi connectivity index (χ2n) is 7.53. The van der Waals surface area contributed by atoms with Crippen molar-refractivity contribution >= 4 is 51.6 Å². The molecule has 1 saturated carbocycles. The number of nitrogens with zero attached hydrogens (tertiary/aromatic N) is 3. The van der Waals surface area contributed by atoms with Gasteiger partial charge in [-0.25, -0.2) is 4.68 Å². The van der Waals surface area contributed by atoms with E-state index in [9.17, 15) is 4.79 Å². The van der Waals surface area contributed by atoms with Crippen LogP contribution in [0.25, 0.3) is 22.3 Å². The van der Waals surface area contributed by atoms with E-state index >= 15 is 0 Å². The fourth-order valence-electron chi connectivity index (χ4n) is 4.09. The van der Waals surface area contributed by atoms with Crippen LogP contribution < -0.4 is 0 Å². The van der Waals surface area contributed by atoms with E-state index in [1.54, 1.807) is 11.3 Å². The molecule has 5 rings (SSSR count). The van der Waals surface area contributed by atoms with Gasteiger partial charge in [-0.3, -0.25) is 9.69 Å². The largest absolute Gasteiger partial charge is 0.290 e. The van der Waals surface area contributed by atoms with E-state index < -0.39 is 0 Å². The number of amides is 1. The minimum absolute atomic E-state index is 0.0430. The predicted molar refractivity (Wildman–Crippen MR) is 129 cm³/mol. The summed E-state index contributed by atoms with van der Waals surface area (Å²) in [6, 6.07) is 14.4. The molecule has 1 saturated heterocycles. The number of aromatic nitrogens is 2. The zero-order valence-corrected chi connectivity index (χ0v) is 18.8. The Balaban J connectivity index is 1.52. The Morgan fingerprint density at radius 2 is 1.87 bits per heavy atom.